The largest absolute Gasteiger partial charge is 0.484 e. The van der Waals surface area contributed by atoms with E-state index in [1.807, 2.05) is 37.3 Å². The second-order valence-electron chi connectivity index (χ2n) is 6.67. The first-order chi connectivity index (χ1) is 13.4. The van der Waals surface area contributed by atoms with Crippen LogP contribution < -0.4 is 10.1 Å². The first-order valence-electron chi connectivity index (χ1n) is 8.94. The zero-order valence-corrected chi connectivity index (χ0v) is 15.4. The number of benzene rings is 2. The average molecular weight is 383 g/mol. The molecule has 1 saturated heterocycles. The number of hydrogen-bond acceptors (Lipinski definition) is 5. The third-order valence-electron chi connectivity index (χ3n) is 4.73. The summed E-state index contributed by atoms with van der Waals surface area (Å²) >= 11 is 0. The summed E-state index contributed by atoms with van der Waals surface area (Å²) in [5, 5.41) is 13.6. The Hall–Kier alpha value is -3.42. The van der Waals surface area contributed by atoms with Crippen molar-refractivity contribution in [3.05, 3.63) is 70.3 Å². The standard InChI is InChI=1S/C20H21N3O5/c1-14-18(11-20(25)22(14)12-15-6-3-2-4-7-15)21-19(24)13-28-17-9-5-8-16(10-17)23(26)27/h2-10,14,18H,11-13H2,1H3,(H,21,24). The van der Waals surface area contributed by atoms with E-state index in [2.05, 4.69) is 5.32 Å². The fourth-order valence-electron chi connectivity index (χ4n) is 3.19. The highest BCUT2D eigenvalue weighted by Crippen LogP contribution is 2.22. The molecule has 8 heteroatoms. The van der Waals surface area contributed by atoms with Gasteiger partial charge in [-0.25, -0.2) is 0 Å². The maximum atomic E-state index is 12.3. The topological polar surface area (TPSA) is 102 Å². The zero-order chi connectivity index (χ0) is 20.1. The highest BCUT2D eigenvalue weighted by Gasteiger charge is 2.37. The van der Waals surface area contributed by atoms with Crippen molar-refractivity contribution in [3.63, 3.8) is 0 Å². The van der Waals surface area contributed by atoms with Gasteiger partial charge < -0.3 is 15.0 Å². The second-order valence-corrected chi connectivity index (χ2v) is 6.67. The molecule has 2 atom stereocenters. The van der Waals surface area contributed by atoms with Crippen molar-refractivity contribution in [2.75, 3.05) is 6.61 Å². The van der Waals surface area contributed by atoms with Gasteiger partial charge in [0.05, 0.1) is 17.0 Å². The molecule has 2 aromatic rings. The Labute approximate surface area is 162 Å². The van der Waals surface area contributed by atoms with Gasteiger partial charge in [0.15, 0.2) is 6.61 Å². The van der Waals surface area contributed by atoms with E-state index in [9.17, 15) is 19.7 Å². The Bertz CT molecular complexity index is 871. The van der Waals surface area contributed by atoms with Gasteiger partial charge in [0, 0.05) is 25.1 Å². The third kappa shape index (κ3) is 4.64. The number of ether oxygens (including phenoxy) is 1. The second kappa shape index (κ2) is 8.51. The van der Waals surface area contributed by atoms with E-state index >= 15 is 0 Å². The van der Waals surface area contributed by atoms with Gasteiger partial charge in [0.1, 0.15) is 5.75 Å². The minimum Gasteiger partial charge on any atom is -0.484 e. The monoisotopic (exact) mass is 383 g/mol. The van der Waals surface area contributed by atoms with Crippen LogP contribution in [0, 0.1) is 10.1 Å². The Morgan fingerprint density at radius 1 is 1.25 bits per heavy atom. The van der Waals surface area contributed by atoms with E-state index in [0.29, 0.717) is 6.54 Å². The molecule has 0 radical (unpaired) electrons. The van der Waals surface area contributed by atoms with Crippen LogP contribution in [0.15, 0.2) is 54.6 Å². The summed E-state index contributed by atoms with van der Waals surface area (Å²) in [6.45, 7) is 2.12. The van der Waals surface area contributed by atoms with Crippen molar-refractivity contribution < 1.29 is 19.2 Å². The molecule has 2 unspecified atom stereocenters. The van der Waals surface area contributed by atoms with Crippen LogP contribution in [0.3, 0.4) is 0 Å². The van der Waals surface area contributed by atoms with Gasteiger partial charge in [-0.1, -0.05) is 36.4 Å². The van der Waals surface area contributed by atoms with Crippen molar-refractivity contribution >= 4 is 17.5 Å². The van der Waals surface area contributed by atoms with E-state index in [1.54, 1.807) is 11.0 Å². The van der Waals surface area contributed by atoms with Crippen LogP contribution >= 0.6 is 0 Å². The van der Waals surface area contributed by atoms with E-state index in [4.69, 9.17) is 4.74 Å². The van der Waals surface area contributed by atoms with E-state index in [0.717, 1.165) is 5.56 Å². The van der Waals surface area contributed by atoms with Gasteiger partial charge in [-0.3, -0.25) is 19.7 Å². The molecule has 146 valence electrons. The number of nitrogens with zero attached hydrogens (tertiary/aromatic N) is 2. The van der Waals surface area contributed by atoms with Gasteiger partial charge in [0.25, 0.3) is 11.6 Å². The molecule has 0 aliphatic carbocycles. The van der Waals surface area contributed by atoms with Crippen LogP contribution in [0.1, 0.15) is 18.9 Å². The zero-order valence-electron chi connectivity index (χ0n) is 15.4. The quantitative estimate of drug-likeness (QED) is 0.584. The number of nitro benzene ring substituents is 1. The molecule has 1 aliphatic heterocycles. The van der Waals surface area contributed by atoms with E-state index < -0.39 is 4.92 Å². The van der Waals surface area contributed by atoms with Crippen LogP contribution in [-0.2, 0) is 16.1 Å². The molecule has 0 aromatic heterocycles. The fraction of sp³-hybridized carbons (Fsp3) is 0.300. The summed E-state index contributed by atoms with van der Waals surface area (Å²) < 4.78 is 5.34. The molecule has 2 aromatic carbocycles. The summed E-state index contributed by atoms with van der Waals surface area (Å²) in [4.78, 5) is 36.6. The molecule has 1 N–H and O–H groups in total. The smallest absolute Gasteiger partial charge is 0.273 e. The summed E-state index contributed by atoms with van der Waals surface area (Å²) in [6, 6.07) is 14.9. The Morgan fingerprint density at radius 2 is 2.00 bits per heavy atom. The van der Waals surface area contributed by atoms with Gasteiger partial charge in [-0.05, 0) is 18.6 Å². The summed E-state index contributed by atoms with van der Waals surface area (Å²) in [5.74, 6) is -0.149. The molecule has 1 fully saturated rings. The van der Waals surface area contributed by atoms with Crippen LogP contribution in [0.2, 0.25) is 0 Å². The Morgan fingerprint density at radius 3 is 2.71 bits per heavy atom. The molecular formula is C20H21N3O5. The number of nitrogens with one attached hydrogen (secondary N) is 1. The summed E-state index contributed by atoms with van der Waals surface area (Å²) in [5.41, 5.74) is 0.924. The van der Waals surface area contributed by atoms with E-state index in [-0.39, 0.29) is 48.4 Å². The normalized spacial score (nSPS) is 18.8. The number of rotatable bonds is 7. The number of carbonyl (C=O) groups excluding carboxylic acids is 2. The van der Waals surface area contributed by atoms with E-state index in [1.165, 1.54) is 18.2 Å². The van der Waals surface area contributed by atoms with Gasteiger partial charge in [-0.2, -0.15) is 0 Å². The van der Waals surface area contributed by atoms with Crippen LogP contribution in [0.5, 0.6) is 5.75 Å². The molecule has 28 heavy (non-hydrogen) atoms. The van der Waals surface area contributed by atoms with Gasteiger partial charge in [-0.15, -0.1) is 0 Å². The fourth-order valence-corrected chi connectivity index (χ4v) is 3.19. The average Bonchev–Trinajstić information content (AvgIpc) is 2.95. The predicted octanol–water partition coefficient (Wildman–Crippen LogP) is 2.28. The predicted molar refractivity (Wildman–Crippen MR) is 102 cm³/mol. The number of carbonyl (C=O) groups is 2. The van der Waals surface area contributed by atoms with Crippen molar-refractivity contribution in [2.24, 2.45) is 0 Å². The number of non-ortho nitro benzene ring substituents is 1. The number of amides is 2. The lowest BCUT2D eigenvalue weighted by atomic mass is 10.1. The molecule has 0 saturated carbocycles. The number of nitro groups is 1. The van der Waals surface area contributed by atoms with Crippen molar-refractivity contribution in [2.45, 2.75) is 32.0 Å². The lowest BCUT2D eigenvalue weighted by Crippen LogP contribution is -2.44. The van der Waals surface area contributed by atoms with Crippen molar-refractivity contribution in [1.29, 1.82) is 0 Å². The van der Waals surface area contributed by atoms with Gasteiger partial charge in [0.2, 0.25) is 5.91 Å². The summed E-state index contributed by atoms with van der Waals surface area (Å²) in [7, 11) is 0. The summed E-state index contributed by atoms with van der Waals surface area (Å²) in [6.07, 6.45) is 0.233. The van der Waals surface area contributed by atoms with Crippen LogP contribution in [0.4, 0.5) is 5.69 Å². The minimum atomic E-state index is -0.528. The molecule has 3 rings (SSSR count). The number of likely N-dealkylation sites (tertiary alicyclic amines) is 1. The lowest BCUT2D eigenvalue weighted by Gasteiger charge is -2.25. The van der Waals surface area contributed by atoms with Crippen LogP contribution in [0.25, 0.3) is 0 Å². The van der Waals surface area contributed by atoms with Crippen molar-refractivity contribution in [3.8, 4) is 5.75 Å². The van der Waals surface area contributed by atoms with Gasteiger partial charge >= 0.3 is 0 Å². The first kappa shape index (κ1) is 19.3. The third-order valence-corrected chi connectivity index (χ3v) is 4.73. The molecule has 8 nitrogen and oxygen atoms in total. The minimum absolute atomic E-state index is 0.0127. The SMILES string of the molecule is CC1C(NC(=O)COc2cccc([N+](=O)[O-])c2)CC(=O)N1Cc1ccccc1. The maximum Gasteiger partial charge on any atom is 0.273 e. The highest BCUT2D eigenvalue weighted by atomic mass is 16.6. The molecule has 1 aliphatic rings. The lowest BCUT2D eigenvalue weighted by molar-refractivity contribution is -0.384. The molecular weight excluding hydrogens is 362 g/mol. The van der Waals surface area contributed by atoms with Crippen LogP contribution in [-0.4, -0.2) is 40.3 Å². The Kier molecular flexibility index (Phi) is 5.88. The highest BCUT2D eigenvalue weighted by molar-refractivity contribution is 5.83. The molecule has 1 heterocycles. The van der Waals surface area contributed by atoms with Crippen molar-refractivity contribution in [1.82, 2.24) is 10.2 Å². The molecule has 2 amide bonds. The molecule has 0 spiro atoms. The Balaban J connectivity index is 1.53. The number of hydrogen-bond donors (Lipinski definition) is 1. The molecule has 0 bridgehead atoms. The maximum absolute atomic E-state index is 12.3. The first-order valence-corrected chi connectivity index (χ1v) is 8.94.